The van der Waals surface area contributed by atoms with Crippen molar-refractivity contribution < 1.29 is 5.11 Å². The zero-order chi connectivity index (χ0) is 14.3. The second kappa shape index (κ2) is 7.88. The van der Waals surface area contributed by atoms with Crippen LogP contribution in [0.4, 0.5) is 0 Å². The molecule has 0 aromatic heterocycles. The second-order valence-corrected chi connectivity index (χ2v) is 11.5. The molecule has 0 amide bonds. The highest BCUT2D eigenvalue weighted by molar-refractivity contribution is 6.81. The molecule has 19 heavy (non-hydrogen) atoms. The molecule has 0 fully saturated rings. The molecule has 1 unspecified atom stereocenters. The van der Waals surface area contributed by atoms with E-state index in [0.717, 1.165) is 12.8 Å². The highest BCUT2D eigenvalue weighted by Crippen LogP contribution is 2.16. The van der Waals surface area contributed by atoms with Crippen LogP contribution in [0.15, 0.2) is 41.6 Å². The fourth-order valence-corrected chi connectivity index (χ4v) is 3.91. The maximum absolute atomic E-state index is 10.1. The van der Waals surface area contributed by atoms with E-state index in [4.69, 9.17) is 11.6 Å². The smallest absolute Gasteiger partial charge is 0.0687 e. The van der Waals surface area contributed by atoms with Gasteiger partial charge in [0.25, 0.3) is 0 Å². The predicted molar refractivity (Wildman–Crippen MR) is 87.5 cm³/mol. The van der Waals surface area contributed by atoms with Gasteiger partial charge in [-0.25, -0.2) is 0 Å². The molecule has 0 aliphatic carbocycles. The van der Waals surface area contributed by atoms with Crippen LogP contribution in [0.2, 0.25) is 19.6 Å². The molecule has 0 spiro atoms. The van der Waals surface area contributed by atoms with Gasteiger partial charge >= 0.3 is 0 Å². The van der Waals surface area contributed by atoms with Crippen molar-refractivity contribution >= 4 is 19.7 Å². The third-order valence-corrected chi connectivity index (χ3v) is 4.53. The van der Waals surface area contributed by atoms with Crippen LogP contribution in [0.1, 0.15) is 18.4 Å². The Morgan fingerprint density at radius 1 is 1.26 bits per heavy atom. The van der Waals surface area contributed by atoms with E-state index in [2.05, 4.69) is 37.5 Å². The minimum absolute atomic E-state index is 0.290. The summed E-state index contributed by atoms with van der Waals surface area (Å²) < 4.78 is 0. The molecule has 0 saturated carbocycles. The van der Waals surface area contributed by atoms with Crippen molar-refractivity contribution in [1.29, 1.82) is 0 Å². The maximum Gasteiger partial charge on any atom is 0.0687 e. The lowest BCUT2D eigenvalue weighted by molar-refractivity contribution is 0.165. The average Bonchev–Trinajstić information content (AvgIpc) is 2.35. The largest absolute Gasteiger partial charge is 0.393 e. The molecule has 1 atom stereocenters. The van der Waals surface area contributed by atoms with Gasteiger partial charge in [0.15, 0.2) is 0 Å². The van der Waals surface area contributed by atoms with E-state index in [9.17, 15) is 5.11 Å². The summed E-state index contributed by atoms with van der Waals surface area (Å²) in [7, 11) is -1.25. The van der Waals surface area contributed by atoms with Crippen molar-refractivity contribution in [2.24, 2.45) is 0 Å². The molecule has 0 aliphatic rings. The van der Waals surface area contributed by atoms with Crippen molar-refractivity contribution in [2.45, 2.75) is 45.0 Å². The molecular formula is C16H25ClOSi. The lowest BCUT2D eigenvalue weighted by atomic mass is 10.0. The van der Waals surface area contributed by atoms with Crippen molar-refractivity contribution in [3.63, 3.8) is 0 Å². The first kappa shape index (κ1) is 16.5. The van der Waals surface area contributed by atoms with Gasteiger partial charge in [-0.2, -0.15) is 0 Å². The van der Waals surface area contributed by atoms with Crippen LogP contribution in [0.5, 0.6) is 0 Å². The first-order valence-corrected chi connectivity index (χ1v) is 11.0. The highest BCUT2D eigenvalue weighted by Gasteiger charge is 2.13. The molecule has 1 aromatic carbocycles. The van der Waals surface area contributed by atoms with Crippen molar-refractivity contribution in [3.8, 4) is 0 Å². The van der Waals surface area contributed by atoms with Crippen LogP contribution in [0.25, 0.3) is 0 Å². The molecule has 1 N–H and O–H groups in total. The van der Waals surface area contributed by atoms with Crippen molar-refractivity contribution in [3.05, 3.63) is 47.2 Å². The van der Waals surface area contributed by atoms with Crippen LogP contribution in [-0.2, 0) is 6.42 Å². The van der Waals surface area contributed by atoms with E-state index in [-0.39, 0.29) is 6.10 Å². The van der Waals surface area contributed by atoms with Gasteiger partial charge in [0.05, 0.1) is 14.2 Å². The molecule has 3 heteroatoms. The number of aryl methyl sites for hydroxylation is 1. The Labute approximate surface area is 123 Å². The zero-order valence-electron chi connectivity index (χ0n) is 12.2. The third kappa shape index (κ3) is 7.56. The topological polar surface area (TPSA) is 20.2 Å². The monoisotopic (exact) mass is 296 g/mol. The quantitative estimate of drug-likeness (QED) is 0.583. The molecule has 0 bridgehead atoms. The van der Waals surface area contributed by atoms with Gasteiger partial charge in [0, 0.05) is 5.88 Å². The number of aliphatic hydroxyl groups excluding tert-OH is 1. The van der Waals surface area contributed by atoms with Gasteiger partial charge in [-0.05, 0) is 24.8 Å². The number of hydrogen-bond acceptors (Lipinski definition) is 1. The van der Waals surface area contributed by atoms with Crippen LogP contribution < -0.4 is 0 Å². The van der Waals surface area contributed by atoms with Gasteiger partial charge in [-0.1, -0.05) is 61.2 Å². The molecule has 0 saturated heterocycles. The summed E-state index contributed by atoms with van der Waals surface area (Å²) in [5.41, 5.74) is 4.79. The molecule has 106 valence electrons. The Morgan fingerprint density at radius 3 is 2.42 bits per heavy atom. The molecule has 0 radical (unpaired) electrons. The van der Waals surface area contributed by atoms with Gasteiger partial charge in [0.1, 0.15) is 0 Å². The fraction of sp³-hybridized carbons (Fsp3) is 0.500. The molecule has 0 heterocycles. The van der Waals surface area contributed by atoms with E-state index in [1.165, 1.54) is 11.1 Å². The summed E-state index contributed by atoms with van der Waals surface area (Å²) in [5.74, 6) is 0.534. The van der Waals surface area contributed by atoms with Gasteiger partial charge in [-0.15, -0.1) is 11.6 Å². The summed E-state index contributed by atoms with van der Waals surface area (Å²) in [6.45, 7) is 6.86. The van der Waals surface area contributed by atoms with Crippen LogP contribution >= 0.6 is 11.6 Å². The first-order chi connectivity index (χ1) is 8.90. The summed E-state index contributed by atoms with van der Waals surface area (Å²) in [5, 5.41) is 10.1. The van der Waals surface area contributed by atoms with Crippen LogP contribution in [0, 0.1) is 0 Å². The lowest BCUT2D eigenvalue weighted by Gasteiger charge is -2.16. The Kier molecular flexibility index (Phi) is 6.84. The third-order valence-electron chi connectivity index (χ3n) is 2.92. The van der Waals surface area contributed by atoms with Crippen molar-refractivity contribution in [2.75, 3.05) is 5.88 Å². The molecule has 1 rings (SSSR count). The average molecular weight is 297 g/mol. The summed E-state index contributed by atoms with van der Waals surface area (Å²) in [4.78, 5) is 0. The van der Waals surface area contributed by atoms with E-state index in [0.29, 0.717) is 12.3 Å². The van der Waals surface area contributed by atoms with E-state index in [1.807, 2.05) is 18.2 Å². The molecular weight excluding hydrogens is 272 g/mol. The number of alkyl halides is 1. The lowest BCUT2D eigenvalue weighted by Crippen LogP contribution is -2.19. The number of halogens is 1. The minimum Gasteiger partial charge on any atom is -0.393 e. The summed E-state index contributed by atoms with van der Waals surface area (Å²) >= 11 is 5.98. The Morgan fingerprint density at radius 2 is 1.89 bits per heavy atom. The maximum atomic E-state index is 10.1. The van der Waals surface area contributed by atoms with Crippen LogP contribution in [0.3, 0.4) is 0 Å². The SMILES string of the molecule is C[Si](C)(C)/C=C(\CCl)CC(O)CCc1ccccc1. The predicted octanol–water partition coefficient (Wildman–Crippen LogP) is 4.41. The number of hydrogen-bond donors (Lipinski definition) is 1. The van der Waals surface area contributed by atoms with Crippen LogP contribution in [-0.4, -0.2) is 25.2 Å². The normalized spacial score (nSPS) is 14.5. The first-order valence-electron chi connectivity index (χ1n) is 6.89. The molecule has 1 aromatic rings. The Balaban J connectivity index is 2.46. The standard InChI is InChI=1S/C16H25ClOSi/c1-19(2,3)13-15(12-17)11-16(18)10-9-14-7-5-4-6-8-14/h4-8,13,16,18H,9-12H2,1-3H3/b15-13-. The van der Waals surface area contributed by atoms with Gasteiger partial charge in [0.2, 0.25) is 0 Å². The second-order valence-electron chi connectivity index (χ2n) is 6.18. The number of rotatable bonds is 7. The van der Waals surface area contributed by atoms with E-state index < -0.39 is 8.07 Å². The zero-order valence-corrected chi connectivity index (χ0v) is 14.0. The Bertz CT molecular complexity index is 395. The minimum atomic E-state index is -1.25. The number of benzene rings is 1. The van der Waals surface area contributed by atoms with Crippen molar-refractivity contribution in [1.82, 2.24) is 0 Å². The highest BCUT2D eigenvalue weighted by atomic mass is 35.5. The van der Waals surface area contributed by atoms with Gasteiger partial charge < -0.3 is 5.11 Å². The summed E-state index contributed by atoms with van der Waals surface area (Å²) in [6.07, 6.45) is 2.14. The van der Waals surface area contributed by atoms with Gasteiger partial charge in [-0.3, -0.25) is 0 Å². The number of aliphatic hydroxyl groups is 1. The Hall–Kier alpha value is -0.573. The molecule has 1 nitrogen and oxygen atoms in total. The van der Waals surface area contributed by atoms with E-state index in [1.54, 1.807) is 0 Å². The summed E-state index contributed by atoms with van der Waals surface area (Å²) in [6, 6.07) is 10.3. The fourth-order valence-electron chi connectivity index (χ4n) is 2.15. The van der Waals surface area contributed by atoms with E-state index >= 15 is 0 Å². The molecule has 0 aliphatic heterocycles.